The van der Waals surface area contributed by atoms with Gasteiger partial charge < -0.3 is 9.88 Å². The first-order valence-electron chi connectivity index (χ1n) is 8.43. The minimum absolute atomic E-state index is 0.0283. The van der Waals surface area contributed by atoms with Gasteiger partial charge in [-0.15, -0.1) is 12.3 Å². The predicted octanol–water partition coefficient (Wildman–Crippen LogP) is 3.51. The molecule has 1 N–H and O–H groups in total. The van der Waals surface area contributed by atoms with E-state index in [1.54, 1.807) is 32.4 Å². The van der Waals surface area contributed by atoms with Crippen LogP contribution in [0.1, 0.15) is 50.5 Å². The minimum Gasteiger partial charge on any atom is -0.343 e. The van der Waals surface area contributed by atoms with E-state index >= 15 is 0 Å². The van der Waals surface area contributed by atoms with E-state index in [1.165, 1.54) is 18.2 Å². The summed E-state index contributed by atoms with van der Waals surface area (Å²) in [5, 5.41) is 2.70. The quantitative estimate of drug-likeness (QED) is 0.482. The normalized spacial score (nSPS) is 10.4. The van der Waals surface area contributed by atoms with Crippen LogP contribution in [0.2, 0.25) is 0 Å². The summed E-state index contributed by atoms with van der Waals surface area (Å²) in [7, 11) is 1.65. The molecule has 0 radical (unpaired) electrons. The highest BCUT2D eigenvalue weighted by Crippen LogP contribution is 2.24. The highest BCUT2D eigenvalue weighted by Gasteiger charge is 2.28. The Kier molecular flexibility index (Phi) is 5.96. The third-order valence-electron chi connectivity index (χ3n) is 4.54. The molecule has 0 unspecified atom stereocenters. The molecule has 0 saturated heterocycles. The number of hydrogen-bond donors (Lipinski definition) is 1. The van der Waals surface area contributed by atoms with Crippen molar-refractivity contribution in [2.75, 3.05) is 5.32 Å². The molecular weight excluding hydrogens is 347 g/mol. The molecule has 0 bridgehead atoms. The molecule has 0 atom stereocenters. The predicted molar refractivity (Wildman–Crippen MR) is 101 cm³/mol. The number of Topliss-reactive ketones (excluding diaryl/α,β-unsaturated/α-hetero) is 2. The first-order valence-corrected chi connectivity index (χ1v) is 8.43. The summed E-state index contributed by atoms with van der Waals surface area (Å²) in [5.41, 5.74) is 2.28. The van der Waals surface area contributed by atoms with E-state index in [2.05, 4.69) is 11.2 Å². The van der Waals surface area contributed by atoms with Crippen LogP contribution in [0.3, 0.4) is 0 Å². The minimum atomic E-state index is -0.646. The zero-order chi connectivity index (χ0) is 20.3. The molecular formula is C21H21FN2O3. The van der Waals surface area contributed by atoms with Gasteiger partial charge in [-0.3, -0.25) is 14.4 Å². The van der Waals surface area contributed by atoms with Gasteiger partial charge in [-0.2, -0.15) is 0 Å². The van der Waals surface area contributed by atoms with Gasteiger partial charge in [0.2, 0.25) is 11.6 Å². The molecule has 0 spiro atoms. The van der Waals surface area contributed by atoms with Crippen LogP contribution >= 0.6 is 0 Å². The van der Waals surface area contributed by atoms with Gasteiger partial charge in [0.1, 0.15) is 11.5 Å². The van der Waals surface area contributed by atoms with Gasteiger partial charge in [-0.25, -0.2) is 4.39 Å². The van der Waals surface area contributed by atoms with Crippen molar-refractivity contribution in [2.45, 2.75) is 33.6 Å². The van der Waals surface area contributed by atoms with Gasteiger partial charge in [0.15, 0.2) is 0 Å². The van der Waals surface area contributed by atoms with Crippen LogP contribution in [0.5, 0.6) is 0 Å². The van der Waals surface area contributed by atoms with Crippen molar-refractivity contribution in [3.8, 4) is 12.3 Å². The molecule has 0 aliphatic heterocycles. The molecule has 0 aliphatic carbocycles. The molecule has 27 heavy (non-hydrogen) atoms. The van der Waals surface area contributed by atoms with Gasteiger partial charge in [-0.05, 0) is 50.1 Å². The second kappa shape index (κ2) is 8.00. The summed E-state index contributed by atoms with van der Waals surface area (Å²) < 4.78 is 15.0. The maximum absolute atomic E-state index is 13.4. The summed E-state index contributed by atoms with van der Waals surface area (Å²) in [5.74, 6) is 0.303. The summed E-state index contributed by atoms with van der Waals surface area (Å²) in [6, 6.07) is 4.25. The van der Waals surface area contributed by atoms with Crippen LogP contribution in [0, 0.1) is 38.9 Å². The molecule has 1 aromatic heterocycles. The topological polar surface area (TPSA) is 68.2 Å². The Morgan fingerprint density at radius 2 is 1.89 bits per heavy atom. The summed E-state index contributed by atoms with van der Waals surface area (Å²) in [6.07, 6.45) is 5.30. The first-order chi connectivity index (χ1) is 12.7. The largest absolute Gasteiger partial charge is 0.343 e. The Labute approximate surface area is 157 Å². The lowest BCUT2D eigenvalue weighted by Gasteiger charge is -2.09. The summed E-state index contributed by atoms with van der Waals surface area (Å²) in [4.78, 5) is 37.3. The summed E-state index contributed by atoms with van der Waals surface area (Å²) >= 11 is 0. The van der Waals surface area contributed by atoms with E-state index in [9.17, 15) is 18.8 Å². The Morgan fingerprint density at radius 3 is 2.48 bits per heavy atom. The third kappa shape index (κ3) is 3.98. The standard InChI is InChI=1S/C21H21FN2O3/c1-6-7-8-17(25)20(26)18-13(3)19(24(5)14(18)4)21(27)23-15-9-10-16(22)12(2)11-15/h1,9-11H,7-8H2,2-5H3,(H,23,27). The lowest BCUT2D eigenvalue weighted by atomic mass is 10.0. The third-order valence-corrected chi connectivity index (χ3v) is 4.54. The number of terminal acetylenes is 1. The van der Waals surface area contributed by atoms with E-state index < -0.39 is 17.5 Å². The average Bonchev–Trinajstić information content (AvgIpc) is 2.84. The van der Waals surface area contributed by atoms with E-state index in [4.69, 9.17) is 6.42 Å². The number of rotatable bonds is 6. The number of amides is 1. The van der Waals surface area contributed by atoms with Crippen LogP contribution < -0.4 is 5.32 Å². The summed E-state index contributed by atoms with van der Waals surface area (Å²) in [6.45, 7) is 4.90. The maximum Gasteiger partial charge on any atom is 0.272 e. The number of benzene rings is 1. The van der Waals surface area contributed by atoms with Crippen molar-refractivity contribution >= 4 is 23.2 Å². The highest BCUT2D eigenvalue weighted by molar-refractivity contribution is 6.44. The number of nitrogens with one attached hydrogen (secondary N) is 1. The van der Waals surface area contributed by atoms with Crippen molar-refractivity contribution in [3.05, 3.63) is 52.1 Å². The number of hydrogen-bond acceptors (Lipinski definition) is 3. The molecule has 1 amide bonds. The van der Waals surface area contributed by atoms with E-state index in [-0.39, 0.29) is 29.9 Å². The maximum atomic E-state index is 13.4. The molecule has 0 saturated carbocycles. The Morgan fingerprint density at radius 1 is 1.22 bits per heavy atom. The van der Waals surface area contributed by atoms with Crippen molar-refractivity contribution in [2.24, 2.45) is 7.05 Å². The molecule has 0 aliphatic rings. The van der Waals surface area contributed by atoms with E-state index in [0.717, 1.165) is 0 Å². The molecule has 2 aromatic rings. The SMILES string of the molecule is C#CCCC(=O)C(=O)c1c(C)c(C(=O)Nc2ccc(F)c(C)c2)n(C)c1C. The van der Waals surface area contributed by atoms with Crippen molar-refractivity contribution in [1.29, 1.82) is 0 Å². The number of carbonyl (C=O) groups is 3. The van der Waals surface area contributed by atoms with Gasteiger partial charge in [0.25, 0.3) is 5.91 Å². The Bertz CT molecular complexity index is 980. The Hall–Kier alpha value is -3.20. The Balaban J connectivity index is 2.36. The molecule has 2 rings (SSSR count). The number of nitrogens with zero attached hydrogens (tertiary/aromatic N) is 1. The van der Waals surface area contributed by atoms with Crippen LogP contribution in [0.25, 0.3) is 0 Å². The number of aryl methyl sites for hydroxylation is 1. The van der Waals surface area contributed by atoms with Crippen molar-refractivity contribution < 1.29 is 18.8 Å². The molecule has 0 fully saturated rings. The highest BCUT2D eigenvalue weighted by atomic mass is 19.1. The monoisotopic (exact) mass is 368 g/mol. The van der Waals surface area contributed by atoms with Crippen LogP contribution in [-0.4, -0.2) is 22.0 Å². The average molecular weight is 368 g/mol. The second-order valence-electron chi connectivity index (χ2n) is 6.37. The molecule has 140 valence electrons. The fourth-order valence-corrected chi connectivity index (χ4v) is 2.99. The fourth-order valence-electron chi connectivity index (χ4n) is 2.99. The number of carbonyl (C=O) groups excluding carboxylic acids is 3. The van der Waals surface area contributed by atoms with Crippen molar-refractivity contribution in [3.63, 3.8) is 0 Å². The number of anilines is 1. The van der Waals surface area contributed by atoms with E-state index in [0.29, 0.717) is 22.5 Å². The molecule has 1 aromatic carbocycles. The lowest BCUT2D eigenvalue weighted by molar-refractivity contribution is -0.115. The van der Waals surface area contributed by atoms with E-state index in [1.807, 2.05) is 0 Å². The molecule has 6 heteroatoms. The molecule has 5 nitrogen and oxygen atoms in total. The van der Waals surface area contributed by atoms with Crippen LogP contribution in [0.4, 0.5) is 10.1 Å². The zero-order valence-electron chi connectivity index (χ0n) is 15.8. The first kappa shape index (κ1) is 20.1. The van der Waals surface area contributed by atoms with Gasteiger partial charge >= 0.3 is 0 Å². The second-order valence-corrected chi connectivity index (χ2v) is 6.37. The smallest absolute Gasteiger partial charge is 0.272 e. The van der Waals surface area contributed by atoms with Crippen LogP contribution in [-0.2, 0) is 11.8 Å². The number of aromatic nitrogens is 1. The fraction of sp³-hybridized carbons (Fsp3) is 0.286. The zero-order valence-corrected chi connectivity index (χ0v) is 15.8. The lowest BCUT2D eigenvalue weighted by Crippen LogP contribution is -2.17. The number of ketones is 2. The number of halogens is 1. The van der Waals surface area contributed by atoms with Gasteiger partial charge in [0.05, 0.1) is 5.56 Å². The van der Waals surface area contributed by atoms with Crippen LogP contribution in [0.15, 0.2) is 18.2 Å². The van der Waals surface area contributed by atoms with Crippen molar-refractivity contribution in [1.82, 2.24) is 4.57 Å². The van der Waals surface area contributed by atoms with Gasteiger partial charge in [-0.1, -0.05) is 0 Å². The molecule has 1 heterocycles. The van der Waals surface area contributed by atoms with Gasteiger partial charge in [0, 0.05) is 31.3 Å².